The van der Waals surface area contributed by atoms with Crippen LogP contribution in [0.3, 0.4) is 0 Å². The number of rotatable bonds is 6. The third kappa shape index (κ3) is 8.16. The first-order valence-electron chi connectivity index (χ1n) is 16.8. The Labute approximate surface area is 307 Å². The second-order valence-electron chi connectivity index (χ2n) is 13.8. The smallest absolute Gasteiger partial charge is 0.124 e. The van der Waals surface area contributed by atoms with Gasteiger partial charge in [0.2, 0.25) is 0 Å². The molecule has 6 heteroatoms. The van der Waals surface area contributed by atoms with Gasteiger partial charge >= 0.3 is 0 Å². The number of nitrogens with zero attached hydrogens (tertiary/aromatic N) is 2. The normalized spacial score (nSPS) is 13.2. The van der Waals surface area contributed by atoms with Crippen molar-refractivity contribution in [3.05, 3.63) is 139 Å². The summed E-state index contributed by atoms with van der Waals surface area (Å²) in [7, 11) is -1.46. The van der Waals surface area contributed by atoms with Crippen LogP contribution in [0.4, 0.5) is 4.39 Å². The fourth-order valence-corrected chi connectivity index (χ4v) is 9.32. The summed E-state index contributed by atoms with van der Waals surface area (Å²) in [4.78, 5) is 9.29. The van der Waals surface area contributed by atoms with Crippen molar-refractivity contribution >= 4 is 44.8 Å². The van der Waals surface area contributed by atoms with E-state index in [4.69, 9.17) is 4.98 Å². The Balaban J connectivity index is 0.000000169. The van der Waals surface area contributed by atoms with E-state index in [9.17, 15) is 4.39 Å². The Morgan fingerprint density at radius 3 is 2.31 bits per heavy atom. The van der Waals surface area contributed by atoms with Crippen LogP contribution in [0.15, 0.2) is 116 Å². The number of aromatic nitrogens is 2. The molecule has 8 rings (SSSR count). The van der Waals surface area contributed by atoms with Crippen molar-refractivity contribution < 1.29 is 24.5 Å². The maximum atomic E-state index is 13.5. The van der Waals surface area contributed by atoms with Gasteiger partial charge in [0.15, 0.2) is 0 Å². The first kappa shape index (κ1) is 35.0. The monoisotopic (exact) mass is 855 g/mol. The molecule has 1 aliphatic rings. The fraction of sp³-hybridized carbons (Fsp3) is 0.209. The van der Waals surface area contributed by atoms with Crippen LogP contribution < -0.4 is 5.19 Å². The van der Waals surface area contributed by atoms with Crippen LogP contribution in [0.1, 0.15) is 31.2 Å². The van der Waals surface area contributed by atoms with Crippen LogP contribution in [-0.2, 0) is 26.5 Å². The van der Waals surface area contributed by atoms with Gasteiger partial charge in [0.25, 0.3) is 0 Å². The molecule has 0 amide bonds. The summed E-state index contributed by atoms with van der Waals surface area (Å²) in [6, 6.07) is 41.0. The molecule has 2 nitrogen and oxygen atoms in total. The Bertz CT molecular complexity index is 2170. The van der Waals surface area contributed by atoms with Crippen molar-refractivity contribution in [2.75, 3.05) is 0 Å². The summed E-state index contributed by atoms with van der Waals surface area (Å²) >= 11 is 1.61. The standard InChI is InChI=1S/C23H19FNS.C20H20NSi.Ir/c24-18-6-7-19-20-13-17(5-8-22(20)26-23(19)14-18)21-12-16(9-10-25-21)11-15-3-1-2-4-15;1-22(2,3)20-15-21-19(17-12-8-5-9-13-17)14-18(20)16-10-6-4-7-11-16;/h6-10,12-15H,1-4,11H2;4-12,14-15H,1-3H3;/q2*-1;. The van der Waals surface area contributed by atoms with E-state index in [1.54, 1.807) is 17.4 Å². The molecule has 0 aliphatic heterocycles. The molecule has 3 aromatic heterocycles. The minimum atomic E-state index is -1.46. The first-order chi connectivity index (χ1) is 23.3. The van der Waals surface area contributed by atoms with Crippen LogP contribution >= 0.6 is 11.3 Å². The Morgan fingerprint density at radius 2 is 1.55 bits per heavy atom. The first-order valence-corrected chi connectivity index (χ1v) is 21.2. The molecule has 0 spiro atoms. The van der Waals surface area contributed by atoms with Crippen LogP contribution in [-0.4, -0.2) is 18.0 Å². The van der Waals surface area contributed by atoms with Crippen molar-refractivity contribution in [1.29, 1.82) is 0 Å². The van der Waals surface area contributed by atoms with E-state index in [2.05, 4.69) is 104 Å². The molecule has 3 heterocycles. The maximum Gasteiger partial charge on any atom is 0.124 e. The van der Waals surface area contributed by atoms with Gasteiger partial charge in [0, 0.05) is 37.2 Å². The van der Waals surface area contributed by atoms with E-state index in [0.29, 0.717) is 0 Å². The van der Waals surface area contributed by atoms with E-state index in [-0.39, 0.29) is 25.9 Å². The predicted octanol–water partition coefficient (Wildman–Crippen LogP) is 11.5. The summed E-state index contributed by atoms with van der Waals surface area (Å²) < 4.78 is 15.6. The van der Waals surface area contributed by atoms with Crippen LogP contribution in [0.5, 0.6) is 0 Å². The second kappa shape index (κ2) is 15.4. The minimum absolute atomic E-state index is 0. The molecule has 7 aromatic rings. The van der Waals surface area contributed by atoms with E-state index < -0.39 is 8.07 Å². The Hall–Kier alpha value is -3.80. The minimum Gasteiger partial charge on any atom is -0.305 e. The van der Waals surface area contributed by atoms with Crippen LogP contribution in [0.25, 0.3) is 53.8 Å². The molecule has 0 unspecified atom stereocenters. The van der Waals surface area contributed by atoms with Gasteiger partial charge < -0.3 is 9.97 Å². The van der Waals surface area contributed by atoms with Gasteiger partial charge in [-0.15, -0.1) is 59.7 Å². The third-order valence-electron chi connectivity index (χ3n) is 9.25. The summed E-state index contributed by atoms with van der Waals surface area (Å²) in [5.74, 6) is 0.641. The number of halogens is 1. The van der Waals surface area contributed by atoms with E-state index in [0.717, 1.165) is 55.0 Å². The molecule has 49 heavy (non-hydrogen) atoms. The summed E-state index contributed by atoms with van der Waals surface area (Å²) in [6.07, 6.45) is 10.6. The van der Waals surface area contributed by atoms with Crippen molar-refractivity contribution in [1.82, 2.24) is 9.97 Å². The predicted molar refractivity (Wildman–Crippen MR) is 204 cm³/mol. The molecule has 1 fully saturated rings. The Morgan fingerprint density at radius 1 is 0.776 bits per heavy atom. The van der Waals surface area contributed by atoms with E-state index >= 15 is 0 Å². The largest absolute Gasteiger partial charge is 0.305 e. The molecule has 249 valence electrons. The molecule has 1 aliphatic carbocycles. The van der Waals surface area contributed by atoms with Crippen molar-refractivity contribution in [3.63, 3.8) is 0 Å². The number of hydrogen-bond donors (Lipinski definition) is 0. The topological polar surface area (TPSA) is 25.8 Å². The van der Waals surface area contributed by atoms with Gasteiger partial charge in [0.05, 0.1) is 8.07 Å². The third-order valence-corrected chi connectivity index (χ3v) is 12.4. The summed E-state index contributed by atoms with van der Waals surface area (Å²) in [5.41, 5.74) is 7.95. The van der Waals surface area contributed by atoms with Gasteiger partial charge in [-0.05, 0) is 68.3 Å². The van der Waals surface area contributed by atoms with Crippen molar-refractivity contribution in [3.8, 4) is 33.6 Å². The molecule has 0 bridgehead atoms. The quantitative estimate of drug-likeness (QED) is 0.123. The van der Waals surface area contributed by atoms with Gasteiger partial charge in [-0.25, -0.2) is 4.39 Å². The van der Waals surface area contributed by atoms with Crippen molar-refractivity contribution in [2.45, 2.75) is 51.7 Å². The SMILES string of the molecule is C[Si](C)(C)c1cnc(-c2[c-]cccc2)cc1-c1ccccc1.Fc1ccc2c(c1)sc1c[c-]c(-c3cc(CC4CCCC4)ccn3)cc12.[Ir]. The second-order valence-corrected chi connectivity index (χ2v) is 19.9. The molecule has 4 aromatic carbocycles. The summed E-state index contributed by atoms with van der Waals surface area (Å²) in [5, 5.41) is 3.66. The van der Waals surface area contributed by atoms with Crippen molar-refractivity contribution in [2.24, 2.45) is 5.92 Å². The zero-order valence-electron chi connectivity index (χ0n) is 28.1. The molecule has 0 saturated heterocycles. The van der Waals surface area contributed by atoms with Gasteiger partial charge in [-0.2, -0.15) is 11.3 Å². The molecule has 1 radical (unpaired) electrons. The number of pyridine rings is 2. The zero-order valence-corrected chi connectivity index (χ0v) is 32.3. The molecular formula is C43H39FIrN2SSi-2. The number of hydrogen-bond acceptors (Lipinski definition) is 3. The molecule has 0 atom stereocenters. The molecule has 1 saturated carbocycles. The summed E-state index contributed by atoms with van der Waals surface area (Å²) in [6.45, 7) is 7.10. The average Bonchev–Trinajstić information content (AvgIpc) is 3.75. The maximum absolute atomic E-state index is 13.5. The van der Waals surface area contributed by atoms with Crippen LogP contribution in [0, 0.1) is 23.9 Å². The van der Waals surface area contributed by atoms with Crippen LogP contribution in [0.2, 0.25) is 19.6 Å². The van der Waals surface area contributed by atoms with Gasteiger partial charge in [0.1, 0.15) is 5.82 Å². The van der Waals surface area contributed by atoms with Gasteiger partial charge in [-0.3, -0.25) is 0 Å². The number of benzene rings is 4. The average molecular weight is 855 g/mol. The molecule has 0 N–H and O–H groups in total. The van der Waals surface area contributed by atoms with E-state index in [1.165, 1.54) is 53.6 Å². The van der Waals surface area contributed by atoms with Gasteiger partial charge in [-0.1, -0.05) is 105 Å². The molecular weight excluding hydrogens is 816 g/mol. The zero-order chi connectivity index (χ0) is 33.1. The number of fused-ring (bicyclic) bond motifs is 3. The Kier molecular flexibility index (Phi) is 11.0. The fourth-order valence-electron chi connectivity index (χ4n) is 6.75. The van der Waals surface area contributed by atoms with E-state index in [1.807, 2.05) is 36.5 Å². The number of thiophene rings is 1.